The minimum Gasteiger partial charge on any atom is -0.355 e. The highest BCUT2D eigenvalue weighted by Crippen LogP contribution is 2.21. The summed E-state index contributed by atoms with van der Waals surface area (Å²) in [7, 11) is 1.56. The highest BCUT2D eigenvalue weighted by Gasteiger charge is 2.11. The van der Waals surface area contributed by atoms with Crippen LogP contribution in [0.4, 0.5) is 5.69 Å². The lowest BCUT2D eigenvalue weighted by Crippen LogP contribution is -2.30. The second-order valence-corrected chi connectivity index (χ2v) is 5.74. The molecule has 24 heavy (non-hydrogen) atoms. The van der Waals surface area contributed by atoms with Crippen molar-refractivity contribution in [3.63, 3.8) is 0 Å². The van der Waals surface area contributed by atoms with Crippen LogP contribution >= 0.6 is 11.6 Å². The molecule has 2 rings (SSSR count). The molecule has 0 saturated carbocycles. The lowest BCUT2D eigenvalue weighted by atomic mass is 10.1. The van der Waals surface area contributed by atoms with E-state index in [0.717, 1.165) is 5.56 Å². The summed E-state index contributed by atoms with van der Waals surface area (Å²) >= 11 is 6.15. The van der Waals surface area contributed by atoms with Gasteiger partial charge in [-0.1, -0.05) is 35.9 Å². The molecule has 0 heterocycles. The molecule has 126 valence electrons. The van der Waals surface area contributed by atoms with Gasteiger partial charge >= 0.3 is 0 Å². The predicted octanol–water partition coefficient (Wildman–Crippen LogP) is 2.99. The Kier molecular flexibility index (Phi) is 6.35. The fourth-order valence-corrected chi connectivity index (χ4v) is 2.57. The van der Waals surface area contributed by atoms with Gasteiger partial charge in [-0.3, -0.25) is 9.59 Å². The third-order valence-electron chi connectivity index (χ3n) is 3.58. The van der Waals surface area contributed by atoms with Gasteiger partial charge in [0.1, 0.15) is 0 Å². The molecule has 0 saturated heterocycles. The van der Waals surface area contributed by atoms with Gasteiger partial charge in [0.15, 0.2) is 0 Å². The number of hydrogen-bond acceptors (Lipinski definition) is 3. The van der Waals surface area contributed by atoms with Crippen molar-refractivity contribution in [1.82, 2.24) is 10.6 Å². The van der Waals surface area contributed by atoms with Crippen molar-refractivity contribution in [2.24, 2.45) is 0 Å². The van der Waals surface area contributed by atoms with Gasteiger partial charge < -0.3 is 16.0 Å². The van der Waals surface area contributed by atoms with Gasteiger partial charge in [0.05, 0.1) is 6.54 Å². The molecular weight excluding hydrogens is 326 g/mol. The average molecular weight is 346 g/mol. The van der Waals surface area contributed by atoms with E-state index < -0.39 is 0 Å². The SMILES string of the molecule is CNC(=O)c1cccc(NC(=O)CN[C@H](C)c2ccccc2Cl)c1. The normalized spacial score (nSPS) is 11.6. The zero-order valence-corrected chi connectivity index (χ0v) is 14.4. The molecule has 0 unspecified atom stereocenters. The maximum atomic E-state index is 12.1. The summed E-state index contributed by atoms with van der Waals surface area (Å²) in [5.41, 5.74) is 2.01. The first-order valence-electron chi connectivity index (χ1n) is 7.61. The van der Waals surface area contributed by atoms with Gasteiger partial charge in [-0.2, -0.15) is 0 Å². The molecule has 3 N–H and O–H groups in total. The summed E-state index contributed by atoms with van der Waals surface area (Å²) in [5, 5.41) is 9.11. The van der Waals surface area contributed by atoms with Crippen molar-refractivity contribution in [2.75, 3.05) is 18.9 Å². The van der Waals surface area contributed by atoms with E-state index in [2.05, 4.69) is 16.0 Å². The quantitative estimate of drug-likeness (QED) is 0.753. The van der Waals surface area contributed by atoms with Crippen molar-refractivity contribution in [3.8, 4) is 0 Å². The number of carbonyl (C=O) groups is 2. The maximum absolute atomic E-state index is 12.1. The van der Waals surface area contributed by atoms with E-state index in [1.165, 1.54) is 0 Å². The molecule has 5 nitrogen and oxygen atoms in total. The summed E-state index contributed by atoms with van der Waals surface area (Å²) in [6.45, 7) is 2.08. The van der Waals surface area contributed by atoms with Gasteiger partial charge in [0, 0.05) is 29.4 Å². The third kappa shape index (κ3) is 4.81. The van der Waals surface area contributed by atoms with E-state index in [0.29, 0.717) is 16.3 Å². The van der Waals surface area contributed by atoms with Crippen LogP contribution in [0.25, 0.3) is 0 Å². The summed E-state index contributed by atoms with van der Waals surface area (Å²) in [6.07, 6.45) is 0. The number of rotatable bonds is 6. The fourth-order valence-electron chi connectivity index (χ4n) is 2.27. The number of benzene rings is 2. The van der Waals surface area contributed by atoms with Gasteiger partial charge in [-0.25, -0.2) is 0 Å². The molecular formula is C18H20ClN3O2. The van der Waals surface area contributed by atoms with Crippen LogP contribution in [0.15, 0.2) is 48.5 Å². The van der Waals surface area contributed by atoms with Crippen molar-refractivity contribution in [2.45, 2.75) is 13.0 Å². The Morgan fingerprint density at radius 2 is 1.88 bits per heavy atom. The Hall–Kier alpha value is -2.37. The Balaban J connectivity index is 1.92. The molecule has 0 spiro atoms. The van der Waals surface area contributed by atoms with Crippen LogP contribution in [-0.2, 0) is 4.79 Å². The second kappa shape index (κ2) is 8.47. The zero-order valence-electron chi connectivity index (χ0n) is 13.6. The van der Waals surface area contributed by atoms with Crippen molar-refractivity contribution in [3.05, 3.63) is 64.7 Å². The number of anilines is 1. The first kappa shape index (κ1) is 18.0. The van der Waals surface area contributed by atoms with Crippen LogP contribution in [0.1, 0.15) is 28.9 Å². The number of halogens is 1. The minimum absolute atomic E-state index is 0.0540. The standard InChI is InChI=1S/C18H20ClN3O2/c1-12(15-8-3-4-9-16(15)19)21-11-17(23)22-14-7-5-6-13(10-14)18(24)20-2/h3-10,12,21H,11H2,1-2H3,(H,20,24)(H,22,23)/t12-/m1/s1. The largest absolute Gasteiger partial charge is 0.355 e. The molecule has 0 aliphatic rings. The molecule has 0 bridgehead atoms. The number of hydrogen-bond donors (Lipinski definition) is 3. The van der Waals surface area contributed by atoms with Crippen LogP contribution in [0.2, 0.25) is 5.02 Å². The maximum Gasteiger partial charge on any atom is 0.251 e. The van der Waals surface area contributed by atoms with Gasteiger partial charge in [-0.05, 0) is 36.8 Å². The molecule has 0 aliphatic carbocycles. The van der Waals surface area contributed by atoms with Crippen molar-refractivity contribution in [1.29, 1.82) is 0 Å². The monoisotopic (exact) mass is 345 g/mol. The number of carbonyl (C=O) groups excluding carboxylic acids is 2. The molecule has 1 atom stereocenters. The highest BCUT2D eigenvalue weighted by atomic mass is 35.5. The first-order chi connectivity index (χ1) is 11.5. The predicted molar refractivity (Wildman–Crippen MR) is 96.3 cm³/mol. The van der Waals surface area contributed by atoms with E-state index in [4.69, 9.17) is 11.6 Å². The molecule has 0 radical (unpaired) electrons. The molecule has 0 aliphatic heterocycles. The fraction of sp³-hybridized carbons (Fsp3) is 0.222. The smallest absolute Gasteiger partial charge is 0.251 e. The minimum atomic E-state index is -0.198. The van der Waals surface area contributed by atoms with E-state index in [9.17, 15) is 9.59 Å². The van der Waals surface area contributed by atoms with E-state index in [1.54, 1.807) is 31.3 Å². The second-order valence-electron chi connectivity index (χ2n) is 5.33. The Morgan fingerprint density at radius 1 is 1.12 bits per heavy atom. The lowest BCUT2D eigenvalue weighted by molar-refractivity contribution is -0.115. The molecule has 2 aromatic carbocycles. The molecule has 6 heteroatoms. The Morgan fingerprint density at radius 3 is 2.58 bits per heavy atom. The van der Waals surface area contributed by atoms with Crippen LogP contribution in [0.3, 0.4) is 0 Å². The first-order valence-corrected chi connectivity index (χ1v) is 7.99. The van der Waals surface area contributed by atoms with E-state index >= 15 is 0 Å². The Bertz CT molecular complexity index is 734. The van der Waals surface area contributed by atoms with Gasteiger partial charge in [0.2, 0.25) is 5.91 Å². The topological polar surface area (TPSA) is 70.2 Å². The van der Waals surface area contributed by atoms with Gasteiger partial charge in [0.25, 0.3) is 5.91 Å². The Labute approximate surface area is 146 Å². The molecule has 2 amide bonds. The average Bonchev–Trinajstić information content (AvgIpc) is 2.59. The zero-order chi connectivity index (χ0) is 17.5. The van der Waals surface area contributed by atoms with Crippen LogP contribution in [-0.4, -0.2) is 25.4 Å². The molecule has 0 aromatic heterocycles. The van der Waals surface area contributed by atoms with E-state index in [1.807, 2.05) is 31.2 Å². The van der Waals surface area contributed by atoms with Crippen LogP contribution in [0.5, 0.6) is 0 Å². The number of nitrogens with one attached hydrogen (secondary N) is 3. The van der Waals surface area contributed by atoms with Crippen molar-refractivity contribution >= 4 is 29.1 Å². The van der Waals surface area contributed by atoms with Crippen molar-refractivity contribution < 1.29 is 9.59 Å². The number of amides is 2. The third-order valence-corrected chi connectivity index (χ3v) is 3.92. The van der Waals surface area contributed by atoms with Crippen LogP contribution in [0, 0.1) is 0 Å². The summed E-state index contributed by atoms with van der Waals surface area (Å²) in [4.78, 5) is 23.7. The van der Waals surface area contributed by atoms with Crippen LogP contribution < -0.4 is 16.0 Å². The molecule has 2 aromatic rings. The summed E-state index contributed by atoms with van der Waals surface area (Å²) in [5.74, 6) is -0.389. The van der Waals surface area contributed by atoms with Gasteiger partial charge in [-0.15, -0.1) is 0 Å². The summed E-state index contributed by atoms with van der Waals surface area (Å²) < 4.78 is 0. The molecule has 0 fully saturated rings. The highest BCUT2D eigenvalue weighted by molar-refractivity contribution is 6.31. The lowest BCUT2D eigenvalue weighted by Gasteiger charge is -2.15. The van der Waals surface area contributed by atoms with E-state index in [-0.39, 0.29) is 24.4 Å². The summed E-state index contributed by atoms with van der Waals surface area (Å²) in [6, 6.07) is 14.2.